The predicted octanol–water partition coefficient (Wildman–Crippen LogP) is 3.96. The Morgan fingerprint density at radius 1 is 1.24 bits per heavy atom. The Morgan fingerprint density at radius 2 is 2.00 bits per heavy atom. The highest BCUT2D eigenvalue weighted by atomic mass is 16.4. The van der Waals surface area contributed by atoms with Crippen LogP contribution in [-0.4, -0.2) is 17.0 Å². The molecule has 5 nitrogen and oxygen atoms in total. The van der Waals surface area contributed by atoms with Crippen molar-refractivity contribution >= 4 is 11.9 Å². The van der Waals surface area contributed by atoms with Gasteiger partial charge in [0.1, 0.15) is 5.76 Å². The summed E-state index contributed by atoms with van der Waals surface area (Å²) in [4.78, 5) is 23.9. The van der Waals surface area contributed by atoms with E-state index in [2.05, 4.69) is 12.2 Å². The average molecular weight is 341 g/mol. The molecule has 0 aliphatic heterocycles. The summed E-state index contributed by atoms with van der Waals surface area (Å²) >= 11 is 0. The number of hydrogen-bond donors (Lipinski definition) is 2. The van der Waals surface area contributed by atoms with Crippen molar-refractivity contribution in [2.24, 2.45) is 5.41 Å². The first-order valence-electron chi connectivity index (χ1n) is 8.72. The van der Waals surface area contributed by atoms with Crippen LogP contribution in [0.5, 0.6) is 0 Å². The number of aliphatic carboxylic acids is 1. The van der Waals surface area contributed by atoms with E-state index >= 15 is 0 Å². The fraction of sp³-hybridized carbons (Fsp3) is 0.400. The van der Waals surface area contributed by atoms with E-state index in [0.717, 1.165) is 18.4 Å². The topological polar surface area (TPSA) is 79.5 Å². The molecule has 1 aliphatic rings. The van der Waals surface area contributed by atoms with Gasteiger partial charge < -0.3 is 14.8 Å². The molecule has 132 valence electrons. The predicted molar refractivity (Wildman–Crippen MR) is 93.3 cm³/mol. The Balaban J connectivity index is 1.62. The Labute approximate surface area is 147 Å². The number of carboxylic acids is 1. The van der Waals surface area contributed by atoms with Crippen molar-refractivity contribution in [2.75, 3.05) is 0 Å². The van der Waals surface area contributed by atoms with Crippen LogP contribution in [0.2, 0.25) is 0 Å². The van der Waals surface area contributed by atoms with Crippen LogP contribution in [0.4, 0.5) is 0 Å². The molecule has 1 aliphatic carbocycles. The van der Waals surface area contributed by atoms with Gasteiger partial charge in [0, 0.05) is 12.5 Å². The maximum absolute atomic E-state index is 12.2. The second-order valence-corrected chi connectivity index (χ2v) is 6.69. The molecule has 5 heteroatoms. The van der Waals surface area contributed by atoms with E-state index in [4.69, 9.17) is 4.42 Å². The third-order valence-electron chi connectivity index (χ3n) is 4.97. The number of furan rings is 1. The lowest BCUT2D eigenvalue weighted by molar-refractivity contribution is -0.144. The molecule has 1 unspecified atom stereocenters. The van der Waals surface area contributed by atoms with Gasteiger partial charge in [0.25, 0.3) is 5.91 Å². The van der Waals surface area contributed by atoms with E-state index in [9.17, 15) is 14.7 Å². The molecule has 1 amide bonds. The van der Waals surface area contributed by atoms with Crippen molar-refractivity contribution in [1.82, 2.24) is 5.32 Å². The SMILES string of the molecule is CCCCC1(C(=O)O)C[C@@H]1c1ccc(C(=O)NCc2ccccc2)o1. The zero-order valence-electron chi connectivity index (χ0n) is 14.3. The van der Waals surface area contributed by atoms with Gasteiger partial charge in [-0.3, -0.25) is 9.59 Å². The van der Waals surface area contributed by atoms with Gasteiger partial charge in [0.05, 0.1) is 5.41 Å². The van der Waals surface area contributed by atoms with Gasteiger partial charge in [-0.2, -0.15) is 0 Å². The standard InChI is InChI=1S/C20H23NO4/c1-2-3-11-20(19(23)24)12-15(20)16-9-10-17(25-16)18(22)21-13-14-7-5-4-6-8-14/h4-10,15H,2-3,11-13H2,1H3,(H,21,22)(H,23,24)/t15-,20?/m1/s1. The lowest BCUT2D eigenvalue weighted by atomic mass is 9.95. The molecule has 0 radical (unpaired) electrons. The van der Waals surface area contributed by atoms with E-state index in [1.165, 1.54) is 0 Å². The summed E-state index contributed by atoms with van der Waals surface area (Å²) < 4.78 is 5.67. The van der Waals surface area contributed by atoms with E-state index in [1.54, 1.807) is 12.1 Å². The number of unbranched alkanes of at least 4 members (excludes halogenated alkanes) is 1. The van der Waals surface area contributed by atoms with Crippen molar-refractivity contribution < 1.29 is 19.1 Å². The summed E-state index contributed by atoms with van der Waals surface area (Å²) in [6.07, 6.45) is 3.08. The van der Waals surface area contributed by atoms with Crippen LogP contribution < -0.4 is 5.32 Å². The smallest absolute Gasteiger partial charge is 0.310 e. The zero-order valence-corrected chi connectivity index (χ0v) is 14.3. The average Bonchev–Trinajstić information content (AvgIpc) is 3.17. The van der Waals surface area contributed by atoms with Crippen molar-refractivity contribution in [3.8, 4) is 0 Å². The Bertz CT molecular complexity index is 752. The summed E-state index contributed by atoms with van der Waals surface area (Å²) in [5.41, 5.74) is 0.292. The quantitative estimate of drug-likeness (QED) is 0.762. The van der Waals surface area contributed by atoms with E-state index < -0.39 is 11.4 Å². The second kappa shape index (κ2) is 7.13. The molecular formula is C20H23NO4. The normalized spacial score (nSPS) is 21.7. The van der Waals surface area contributed by atoms with Crippen LogP contribution >= 0.6 is 0 Å². The molecule has 2 N–H and O–H groups in total. The van der Waals surface area contributed by atoms with Crippen LogP contribution in [0.15, 0.2) is 46.9 Å². The molecule has 1 saturated carbocycles. The van der Waals surface area contributed by atoms with Crippen LogP contribution in [0.25, 0.3) is 0 Å². The zero-order chi connectivity index (χ0) is 17.9. The monoisotopic (exact) mass is 341 g/mol. The summed E-state index contributed by atoms with van der Waals surface area (Å²) in [6.45, 7) is 2.48. The highest BCUT2D eigenvalue weighted by Crippen LogP contribution is 2.62. The molecule has 1 fully saturated rings. The maximum atomic E-state index is 12.2. The number of carboxylic acid groups (broad SMARTS) is 1. The summed E-state index contributed by atoms with van der Waals surface area (Å²) in [5.74, 6) is -0.356. The van der Waals surface area contributed by atoms with E-state index in [0.29, 0.717) is 25.1 Å². The minimum absolute atomic E-state index is 0.132. The van der Waals surface area contributed by atoms with Crippen molar-refractivity contribution in [2.45, 2.75) is 45.1 Å². The molecule has 0 spiro atoms. The van der Waals surface area contributed by atoms with Gasteiger partial charge in [-0.05, 0) is 30.5 Å². The number of carbonyl (C=O) groups excluding carboxylic acids is 1. The third kappa shape index (κ3) is 3.60. The number of amides is 1. The second-order valence-electron chi connectivity index (χ2n) is 6.69. The lowest BCUT2D eigenvalue weighted by Crippen LogP contribution is -2.22. The largest absolute Gasteiger partial charge is 0.481 e. The Morgan fingerprint density at radius 3 is 2.68 bits per heavy atom. The minimum atomic E-state index is -0.766. The van der Waals surface area contributed by atoms with E-state index in [1.807, 2.05) is 30.3 Å². The van der Waals surface area contributed by atoms with Crippen molar-refractivity contribution in [3.63, 3.8) is 0 Å². The number of benzene rings is 1. The van der Waals surface area contributed by atoms with Crippen molar-refractivity contribution in [1.29, 1.82) is 0 Å². The molecule has 1 aromatic heterocycles. The molecular weight excluding hydrogens is 318 g/mol. The van der Waals surface area contributed by atoms with Crippen LogP contribution in [0, 0.1) is 5.41 Å². The molecule has 2 aromatic rings. The van der Waals surface area contributed by atoms with Gasteiger partial charge in [-0.1, -0.05) is 50.1 Å². The van der Waals surface area contributed by atoms with Gasteiger partial charge in [0.15, 0.2) is 5.76 Å². The van der Waals surface area contributed by atoms with Gasteiger partial charge in [-0.15, -0.1) is 0 Å². The molecule has 1 aromatic carbocycles. The molecule has 0 bridgehead atoms. The van der Waals surface area contributed by atoms with Crippen LogP contribution in [0.1, 0.15) is 60.4 Å². The van der Waals surface area contributed by atoms with Gasteiger partial charge in [-0.25, -0.2) is 0 Å². The first-order valence-corrected chi connectivity index (χ1v) is 8.72. The summed E-state index contributed by atoms with van der Waals surface area (Å²) in [6, 6.07) is 13.0. The first-order chi connectivity index (χ1) is 12.1. The number of carbonyl (C=O) groups is 2. The Hall–Kier alpha value is -2.56. The maximum Gasteiger partial charge on any atom is 0.310 e. The van der Waals surface area contributed by atoms with Crippen LogP contribution in [0.3, 0.4) is 0 Å². The van der Waals surface area contributed by atoms with Crippen molar-refractivity contribution in [3.05, 3.63) is 59.5 Å². The fourth-order valence-electron chi connectivity index (χ4n) is 3.32. The molecule has 0 saturated heterocycles. The highest BCUT2D eigenvalue weighted by molar-refractivity contribution is 5.91. The first kappa shape index (κ1) is 17.3. The Kier molecular flexibility index (Phi) is 4.93. The third-order valence-corrected chi connectivity index (χ3v) is 4.97. The molecule has 1 heterocycles. The summed E-state index contributed by atoms with van der Waals surface area (Å²) in [7, 11) is 0. The lowest BCUT2D eigenvalue weighted by Gasteiger charge is -2.10. The van der Waals surface area contributed by atoms with Gasteiger partial charge >= 0.3 is 5.97 Å². The fourth-order valence-corrected chi connectivity index (χ4v) is 3.32. The highest BCUT2D eigenvalue weighted by Gasteiger charge is 2.61. The molecule has 3 rings (SSSR count). The number of nitrogens with one attached hydrogen (secondary N) is 1. The summed E-state index contributed by atoms with van der Waals surface area (Å²) in [5, 5.41) is 12.4. The minimum Gasteiger partial charge on any atom is -0.481 e. The molecule has 25 heavy (non-hydrogen) atoms. The van der Waals surface area contributed by atoms with E-state index in [-0.39, 0.29) is 17.6 Å². The van der Waals surface area contributed by atoms with Gasteiger partial charge in [0.2, 0.25) is 0 Å². The van der Waals surface area contributed by atoms with Crippen LogP contribution in [-0.2, 0) is 11.3 Å². The molecule has 2 atom stereocenters. The number of hydrogen-bond acceptors (Lipinski definition) is 3. The number of rotatable bonds is 8.